The van der Waals surface area contributed by atoms with E-state index in [2.05, 4.69) is 5.16 Å². The lowest BCUT2D eigenvalue weighted by Gasteiger charge is -2.29. The van der Waals surface area contributed by atoms with Crippen molar-refractivity contribution in [3.63, 3.8) is 0 Å². The van der Waals surface area contributed by atoms with Crippen molar-refractivity contribution in [2.24, 2.45) is 0 Å². The van der Waals surface area contributed by atoms with Gasteiger partial charge in [0.1, 0.15) is 6.54 Å². The van der Waals surface area contributed by atoms with Crippen LogP contribution in [-0.4, -0.2) is 65.8 Å². The molecular weight excluding hydrogens is 508 g/mol. The second-order valence-corrected chi connectivity index (χ2v) is 10.2. The van der Waals surface area contributed by atoms with Crippen LogP contribution in [0.15, 0.2) is 58.1 Å². The number of amides is 1. The third kappa shape index (κ3) is 5.85. The maximum atomic E-state index is 14.0. The highest BCUT2D eigenvalue weighted by Gasteiger charge is 2.31. The number of hydrogen-bond donors (Lipinski definition) is 0. The van der Waals surface area contributed by atoms with Crippen LogP contribution >= 0.6 is 11.6 Å². The first-order valence-corrected chi connectivity index (χ1v) is 12.8. The van der Waals surface area contributed by atoms with E-state index in [-0.39, 0.29) is 27.9 Å². The molecular formula is C24H29ClN4O6S. The Kier molecular flexibility index (Phi) is 8.70. The highest BCUT2D eigenvalue weighted by atomic mass is 35.5. The van der Waals surface area contributed by atoms with Crippen LogP contribution in [0.3, 0.4) is 0 Å². The van der Waals surface area contributed by atoms with Crippen LogP contribution in [0.25, 0.3) is 0 Å². The summed E-state index contributed by atoms with van der Waals surface area (Å²) in [6.45, 7) is 1.77. The Morgan fingerprint density at radius 1 is 1.06 bits per heavy atom. The van der Waals surface area contributed by atoms with Crippen LogP contribution in [0, 0.1) is 0 Å². The molecule has 0 saturated carbocycles. The minimum absolute atomic E-state index is 0.0856. The zero-order chi connectivity index (χ0) is 26.5. The summed E-state index contributed by atoms with van der Waals surface area (Å²) >= 11 is 6.49. The van der Waals surface area contributed by atoms with Gasteiger partial charge in [0.05, 0.1) is 42.6 Å². The molecule has 1 aromatic heterocycles. The van der Waals surface area contributed by atoms with Gasteiger partial charge in [-0.25, -0.2) is 8.42 Å². The monoisotopic (exact) mass is 536 g/mol. The number of hydrogen-bond acceptors (Lipinski definition) is 8. The van der Waals surface area contributed by atoms with Crippen LogP contribution < -0.4 is 18.7 Å². The average Bonchev–Trinajstić information content (AvgIpc) is 3.38. The summed E-state index contributed by atoms with van der Waals surface area (Å²) in [5, 5.41) is 3.84. The van der Waals surface area contributed by atoms with Gasteiger partial charge >= 0.3 is 0 Å². The predicted molar refractivity (Wildman–Crippen MR) is 137 cm³/mol. The van der Waals surface area contributed by atoms with Gasteiger partial charge in [0, 0.05) is 38.5 Å². The molecule has 0 spiro atoms. The normalized spacial score (nSPS) is 11.2. The standard InChI is InChI=1S/C24H29ClN4O6S/c1-6-28(15-18-11-12-26-35-18)24(30)16-29(21-13-17(27(2)3)7-9-20(21)25)36(31,32)19-8-10-22(33-4)23(14-19)34-5/h7-14H,6,15-16H2,1-5H3. The number of nitrogens with zero attached hydrogens (tertiary/aromatic N) is 4. The van der Waals surface area contributed by atoms with Gasteiger partial charge in [0.25, 0.3) is 10.0 Å². The molecule has 0 radical (unpaired) electrons. The topological polar surface area (TPSA) is 105 Å². The Hall–Kier alpha value is -3.44. The zero-order valence-corrected chi connectivity index (χ0v) is 22.3. The van der Waals surface area contributed by atoms with E-state index in [9.17, 15) is 13.2 Å². The van der Waals surface area contributed by atoms with Gasteiger partial charge in [-0.1, -0.05) is 16.8 Å². The van der Waals surface area contributed by atoms with Gasteiger partial charge in [0.2, 0.25) is 5.91 Å². The summed E-state index contributed by atoms with van der Waals surface area (Å²) in [6, 6.07) is 10.9. The molecule has 194 valence electrons. The van der Waals surface area contributed by atoms with Crippen LogP contribution in [0.5, 0.6) is 11.5 Å². The molecule has 1 heterocycles. The molecule has 10 nitrogen and oxygen atoms in total. The molecule has 0 N–H and O–H groups in total. The summed E-state index contributed by atoms with van der Waals surface area (Å²) in [6.07, 6.45) is 1.48. The van der Waals surface area contributed by atoms with E-state index < -0.39 is 22.5 Å². The maximum absolute atomic E-state index is 14.0. The van der Waals surface area contributed by atoms with E-state index in [4.69, 9.17) is 25.6 Å². The molecule has 12 heteroatoms. The number of rotatable bonds is 11. The quantitative estimate of drug-likeness (QED) is 0.365. The van der Waals surface area contributed by atoms with Crippen molar-refractivity contribution in [3.05, 3.63) is 59.4 Å². The molecule has 0 unspecified atom stereocenters. The van der Waals surface area contributed by atoms with E-state index in [0.29, 0.717) is 23.7 Å². The first kappa shape index (κ1) is 27.2. The van der Waals surface area contributed by atoms with Crippen molar-refractivity contribution in [3.8, 4) is 11.5 Å². The highest BCUT2D eigenvalue weighted by Crippen LogP contribution is 2.36. The van der Waals surface area contributed by atoms with E-state index in [1.54, 1.807) is 31.2 Å². The number of likely N-dealkylation sites (N-methyl/N-ethyl adjacent to an activating group) is 1. The molecule has 3 rings (SSSR count). The Balaban J connectivity index is 2.09. The lowest BCUT2D eigenvalue weighted by Crippen LogP contribution is -2.43. The molecule has 0 saturated heterocycles. The van der Waals surface area contributed by atoms with Crippen molar-refractivity contribution in [2.75, 3.05) is 50.6 Å². The largest absolute Gasteiger partial charge is 0.493 e. The zero-order valence-electron chi connectivity index (χ0n) is 20.8. The third-order valence-corrected chi connectivity index (χ3v) is 7.58. The molecule has 0 fully saturated rings. The number of carbonyl (C=O) groups excluding carboxylic acids is 1. The summed E-state index contributed by atoms with van der Waals surface area (Å²) < 4.78 is 44.6. The number of anilines is 2. The van der Waals surface area contributed by atoms with Crippen LogP contribution in [-0.2, 0) is 21.4 Å². The summed E-state index contributed by atoms with van der Waals surface area (Å²) in [5.41, 5.74) is 0.880. The van der Waals surface area contributed by atoms with Gasteiger partial charge in [-0.15, -0.1) is 0 Å². The van der Waals surface area contributed by atoms with Gasteiger partial charge < -0.3 is 23.8 Å². The average molecular weight is 537 g/mol. The Labute approximate surface area is 216 Å². The van der Waals surface area contributed by atoms with E-state index >= 15 is 0 Å². The fourth-order valence-electron chi connectivity index (χ4n) is 3.49. The number of aromatic nitrogens is 1. The molecule has 36 heavy (non-hydrogen) atoms. The minimum atomic E-state index is -4.26. The van der Waals surface area contributed by atoms with Gasteiger partial charge in [-0.2, -0.15) is 0 Å². The number of methoxy groups -OCH3 is 2. The number of ether oxygens (including phenoxy) is 2. The minimum Gasteiger partial charge on any atom is -0.493 e. The maximum Gasteiger partial charge on any atom is 0.264 e. The fourth-order valence-corrected chi connectivity index (χ4v) is 5.20. The third-order valence-electron chi connectivity index (χ3n) is 5.51. The van der Waals surface area contributed by atoms with Crippen LogP contribution in [0.1, 0.15) is 12.7 Å². The summed E-state index contributed by atoms with van der Waals surface area (Å²) in [5.74, 6) is 0.644. The molecule has 0 aliphatic heterocycles. The van der Waals surface area contributed by atoms with E-state index in [0.717, 1.165) is 4.31 Å². The SMILES string of the molecule is CCN(Cc1ccno1)C(=O)CN(c1cc(N(C)C)ccc1Cl)S(=O)(=O)c1ccc(OC)c(OC)c1. The Bertz CT molecular complexity index is 1300. The van der Waals surface area contributed by atoms with Gasteiger partial charge in [-0.05, 0) is 37.3 Å². The van der Waals surface area contributed by atoms with Gasteiger partial charge in [0.15, 0.2) is 17.3 Å². The van der Waals surface area contributed by atoms with Crippen molar-refractivity contribution in [1.29, 1.82) is 0 Å². The predicted octanol–water partition coefficient (Wildman–Crippen LogP) is 3.66. The smallest absolute Gasteiger partial charge is 0.264 e. The number of benzene rings is 2. The van der Waals surface area contributed by atoms with Crippen molar-refractivity contribution < 1.29 is 27.2 Å². The molecule has 3 aromatic rings. The number of sulfonamides is 1. The Morgan fingerprint density at radius 3 is 2.36 bits per heavy atom. The summed E-state index contributed by atoms with van der Waals surface area (Å²) in [4.78, 5) is 16.6. The molecule has 0 bridgehead atoms. The first-order valence-electron chi connectivity index (χ1n) is 11.0. The summed E-state index contributed by atoms with van der Waals surface area (Å²) in [7, 11) is 2.25. The Morgan fingerprint density at radius 2 is 1.78 bits per heavy atom. The lowest BCUT2D eigenvalue weighted by molar-refractivity contribution is -0.130. The molecule has 0 aliphatic rings. The van der Waals surface area contributed by atoms with Gasteiger partial charge in [-0.3, -0.25) is 9.10 Å². The molecule has 0 atom stereocenters. The molecule has 1 amide bonds. The van der Waals surface area contributed by atoms with Crippen molar-refractivity contribution >= 4 is 38.9 Å². The molecule has 2 aromatic carbocycles. The second kappa shape index (κ2) is 11.5. The number of carbonyl (C=O) groups is 1. The van der Waals surface area contributed by atoms with Crippen molar-refractivity contribution in [2.45, 2.75) is 18.4 Å². The first-order chi connectivity index (χ1) is 17.1. The highest BCUT2D eigenvalue weighted by molar-refractivity contribution is 7.92. The molecule has 0 aliphatic carbocycles. The van der Waals surface area contributed by atoms with E-state index in [1.807, 2.05) is 19.0 Å². The van der Waals surface area contributed by atoms with Crippen molar-refractivity contribution in [1.82, 2.24) is 10.1 Å². The van der Waals surface area contributed by atoms with Crippen LogP contribution in [0.4, 0.5) is 11.4 Å². The van der Waals surface area contributed by atoms with E-state index in [1.165, 1.54) is 43.5 Å². The van der Waals surface area contributed by atoms with Crippen LogP contribution in [0.2, 0.25) is 5.02 Å². The second-order valence-electron chi connectivity index (χ2n) is 7.95. The fraction of sp³-hybridized carbons (Fsp3) is 0.333. The number of halogens is 1. The lowest BCUT2D eigenvalue weighted by atomic mass is 10.2.